The summed E-state index contributed by atoms with van der Waals surface area (Å²) in [7, 11) is 0. The minimum Gasteiger partial charge on any atom is -0.312 e. The molecule has 4 heteroatoms. The molecular weight excluding hydrogens is 252 g/mol. The Hall–Kier alpha value is -1.68. The molecule has 1 aromatic rings. The second-order valence-corrected chi connectivity index (χ2v) is 5.51. The van der Waals surface area contributed by atoms with Crippen LogP contribution < -0.4 is 10.2 Å². The van der Waals surface area contributed by atoms with Gasteiger partial charge < -0.3 is 10.2 Å². The summed E-state index contributed by atoms with van der Waals surface area (Å²) in [5.74, 6) is 0.339. The lowest BCUT2D eigenvalue weighted by Crippen LogP contribution is -2.30. The summed E-state index contributed by atoms with van der Waals surface area (Å²) < 4.78 is 0. The van der Waals surface area contributed by atoms with E-state index in [2.05, 4.69) is 5.32 Å². The van der Waals surface area contributed by atoms with Gasteiger partial charge in [0.15, 0.2) is 5.78 Å². The summed E-state index contributed by atoms with van der Waals surface area (Å²) >= 11 is 0. The van der Waals surface area contributed by atoms with Gasteiger partial charge in [0, 0.05) is 24.2 Å². The van der Waals surface area contributed by atoms with E-state index in [1.54, 1.807) is 0 Å². The van der Waals surface area contributed by atoms with Crippen LogP contribution in [-0.2, 0) is 11.2 Å². The molecule has 0 aromatic heterocycles. The van der Waals surface area contributed by atoms with Crippen LogP contribution in [0.15, 0.2) is 18.2 Å². The van der Waals surface area contributed by atoms with E-state index in [-0.39, 0.29) is 17.7 Å². The number of amides is 1. The first-order valence-corrected chi connectivity index (χ1v) is 7.41. The normalized spacial score (nSPS) is 21.1. The Bertz CT molecular complexity index is 547. The summed E-state index contributed by atoms with van der Waals surface area (Å²) in [6, 6.07) is 5.74. The van der Waals surface area contributed by atoms with Crippen molar-refractivity contribution in [1.82, 2.24) is 5.32 Å². The fraction of sp³-hybridized carbons (Fsp3) is 0.500. The molecule has 2 aliphatic heterocycles. The average Bonchev–Trinajstić information content (AvgIpc) is 3.14. The topological polar surface area (TPSA) is 49.4 Å². The number of carbonyl (C=O) groups is 2. The number of carbonyl (C=O) groups excluding carboxylic acids is 2. The summed E-state index contributed by atoms with van der Waals surface area (Å²) in [6.45, 7) is 3.55. The molecule has 1 atom stereocenters. The molecule has 20 heavy (non-hydrogen) atoms. The zero-order valence-electron chi connectivity index (χ0n) is 11.8. The van der Waals surface area contributed by atoms with E-state index < -0.39 is 0 Å². The van der Waals surface area contributed by atoms with Gasteiger partial charge in [0.1, 0.15) is 0 Å². The molecule has 3 rings (SSSR count). The van der Waals surface area contributed by atoms with Gasteiger partial charge in [-0.25, -0.2) is 0 Å². The maximum atomic E-state index is 12.4. The second-order valence-electron chi connectivity index (χ2n) is 5.51. The van der Waals surface area contributed by atoms with Crippen molar-refractivity contribution in [2.75, 3.05) is 18.0 Å². The molecule has 2 heterocycles. The van der Waals surface area contributed by atoms with Crippen LogP contribution in [0.3, 0.4) is 0 Å². The molecule has 4 nitrogen and oxygen atoms in total. The highest BCUT2D eigenvalue weighted by molar-refractivity contribution is 6.02. The van der Waals surface area contributed by atoms with E-state index in [0.717, 1.165) is 49.2 Å². The number of nitrogens with zero attached hydrogens (tertiary/aromatic N) is 1. The van der Waals surface area contributed by atoms with Crippen LogP contribution in [-0.4, -0.2) is 30.8 Å². The number of benzene rings is 1. The first-order valence-electron chi connectivity index (χ1n) is 7.41. The Kier molecular flexibility index (Phi) is 3.57. The van der Waals surface area contributed by atoms with Crippen molar-refractivity contribution in [1.29, 1.82) is 0 Å². The van der Waals surface area contributed by atoms with Gasteiger partial charge in [0.05, 0.1) is 6.04 Å². The van der Waals surface area contributed by atoms with Crippen LogP contribution in [0.5, 0.6) is 0 Å². The van der Waals surface area contributed by atoms with Gasteiger partial charge in [-0.2, -0.15) is 0 Å². The number of hydrogen-bond acceptors (Lipinski definition) is 3. The third-order valence-electron chi connectivity index (χ3n) is 4.24. The van der Waals surface area contributed by atoms with Gasteiger partial charge in [-0.1, -0.05) is 6.92 Å². The lowest BCUT2D eigenvalue weighted by Gasteiger charge is -2.16. The Morgan fingerprint density at radius 2 is 2.25 bits per heavy atom. The van der Waals surface area contributed by atoms with Crippen molar-refractivity contribution in [3.05, 3.63) is 29.3 Å². The molecule has 0 bridgehead atoms. The number of ketones is 1. The summed E-state index contributed by atoms with van der Waals surface area (Å²) in [5.41, 5.74) is 2.87. The van der Waals surface area contributed by atoms with Crippen LogP contribution in [0.2, 0.25) is 0 Å². The minimum absolute atomic E-state index is 0.0252. The molecule has 0 saturated carbocycles. The average molecular weight is 272 g/mol. The molecule has 0 aliphatic carbocycles. The number of hydrogen-bond donors (Lipinski definition) is 1. The highest BCUT2D eigenvalue weighted by atomic mass is 16.2. The second kappa shape index (κ2) is 5.37. The molecule has 1 fully saturated rings. The molecule has 1 unspecified atom stereocenters. The third kappa shape index (κ3) is 2.24. The molecular formula is C16H20N2O2. The van der Waals surface area contributed by atoms with Crippen molar-refractivity contribution in [2.45, 2.75) is 38.6 Å². The van der Waals surface area contributed by atoms with E-state index in [1.807, 2.05) is 30.0 Å². The standard InChI is InChI=1S/C16H20N2O2/c1-2-15(19)18-9-7-11-10-12(5-6-14(11)18)16(20)13-4-3-8-17-13/h5-6,10,13,17H,2-4,7-9H2,1H3. The molecule has 2 aliphatic rings. The van der Waals surface area contributed by atoms with E-state index in [0.29, 0.717) is 6.42 Å². The van der Waals surface area contributed by atoms with Crippen molar-refractivity contribution in [3.8, 4) is 0 Å². The predicted molar refractivity (Wildman–Crippen MR) is 78.1 cm³/mol. The monoisotopic (exact) mass is 272 g/mol. The Labute approximate surface area is 119 Å². The first kappa shape index (κ1) is 13.3. The number of nitrogens with one attached hydrogen (secondary N) is 1. The van der Waals surface area contributed by atoms with Crippen molar-refractivity contribution >= 4 is 17.4 Å². The lowest BCUT2D eigenvalue weighted by molar-refractivity contribution is -0.118. The van der Waals surface area contributed by atoms with Gasteiger partial charge in [0.2, 0.25) is 5.91 Å². The lowest BCUT2D eigenvalue weighted by atomic mass is 10.00. The summed E-state index contributed by atoms with van der Waals surface area (Å²) in [6.07, 6.45) is 3.36. The number of anilines is 1. The number of rotatable bonds is 3. The van der Waals surface area contributed by atoms with E-state index in [9.17, 15) is 9.59 Å². The Balaban J connectivity index is 1.84. The van der Waals surface area contributed by atoms with Crippen LogP contribution >= 0.6 is 0 Å². The van der Waals surface area contributed by atoms with Crippen LogP contribution in [0.1, 0.15) is 42.1 Å². The van der Waals surface area contributed by atoms with Crippen molar-refractivity contribution in [3.63, 3.8) is 0 Å². The van der Waals surface area contributed by atoms with Crippen LogP contribution in [0, 0.1) is 0 Å². The maximum Gasteiger partial charge on any atom is 0.226 e. The van der Waals surface area contributed by atoms with Gasteiger partial charge in [-0.15, -0.1) is 0 Å². The highest BCUT2D eigenvalue weighted by Crippen LogP contribution is 2.30. The van der Waals surface area contributed by atoms with Crippen LogP contribution in [0.25, 0.3) is 0 Å². The largest absolute Gasteiger partial charge is 0.312 e. The highest BCUT2D eigenvalue weighted by Gasteiger charge is 2.27. The molecule has 0 radical (unpaired) electrons. The molecule has 1 saturated heterocycles. The summed E-state index contributed by atoms with van der Waals surface area (Å²) in [4.78, 5) is 26.1. The Morgan fingerprint density at radius 1 is 1.40 bits per heavy atom. The first-order chi connectivity index (χ1) is 9.70. The van der Waals surface area contributed by atoms with Crippen molar-refractivity contribution < 1.29 is 9.59 Å². The van der Waals surface area contributed by atoms with Gasteiger partial charge in [0.25, 0.3) is 0 Å². The third-order valence-corrected chi connectivity index (χ3v) is 4.24. The molecule has 1 amide bonds. The maximum absolute atomic E-state index is 12.4. The van der Waals surface area contributed by atoms with Crippen molar-refractivity contribution in [2.24, 2.45) is 0 Å². The number of Topliss-reactive ketones (excluding diaryl/α,β-unsaturated/α-hetero) is 1. The van der Waals surface area contributed by atoms with E-state index >= 15 is 0 Å². The Morgan fingerprint density at radius 3 is 2.95 bits per heavy atom. The number of fused-ring (bicyclic) bond motifs is 1. The quantitative estimate of drug-likeness (QED) is 0.855. The smallest absolute Gasteiger partial charge is 0.226 e. The minimum atomic E-state index is -0.0252. The van der Waals surface area contributed by atoms with E-state index in [4.69, 9.17) is 0 Å². The fourth-order valence-electron chi connectivity index (χ4n) is 3.11. The zero-order valence-corrected chi connectivity index (χ0v) is 11.8. The molecule has 0 spiro atoms. The van der Waals surface area contributed by atoms with E-state index in [1.165, 1.54) is 0 Å². The van der Waals surface area contributed by atoms with Gasteiger partial charge >= 0.3 is 0 Å². The SMILES string of the molecule is CCC(=O)N1CCc2cc(C(=O)C3CCCN3)ccc21. The predicted octanol–water partition coefficient (Wildman–Crippen LogP) is 1.92. The van der Waals surface area contributed by atoms with Crippen LogP contribution in [0.4, 0.5) is 5.69 Å². The molecule has 1 aromatic carbocycles. The zero-order chi connectivity index (χ0) is 14.1. The molecule has 1 N–H and O–H groups in total. The van der Waals surface area contributed by atoms with Gasteiger partial charge in [-0.3, -0.25) is 9.59 Å². The van der Waals surface area contributed by atoms with Gasteiger partial charge in [-0.05, 0) is 49.6 Å². The fourth-order valence-corrected chi connectivity index (χ4v) is 3.11. The summed E-state index contributed by atoms with van der Waals surface area (Å²) in [5, 5.41) is 3.24. The molecule has 106 valence electrons.